The highest BCUT2D eigenvalue weighted by molar-refractivity contribution is 5.94. The Hall–Kier alpha value is -1.53. The van der Waals surface area contributed by atoms with E-state index in [-0.39, 0.29) is 10.5 Å². The number of alkyl halides is 3. The molecule has 0 saturated heterocycles. The molecular formula is C10H14F3NO3. The van der Waals surface area contributed by atoms with Gasteiger partial charge in [0.05, 0.1) is 0 Å². The monoisotopic (exact) mass is 253 g/mol. The summed E-state index contributed by atoms with van der Waals surface area (Å²) in [5.74, 6) is -2.39. The van der Waals surface area contributed by atoms with Crippen molar-refractivity contribution in [2.24, 2.45) is 0 Å². The Balaban J connectivity index is 4.86. The Bertz CT molecular complexity index is 323. The lowest BCUT2D eigenvalue weighted by Crippen LogP contribution is -2.42. The van der Waals surface area contributed by atoms with Crippen molar-refractivity contribution in [1.29, 1.82) is 0 Å². The first-order chi connectivity index (χ1) is 7.67. The molecule has 0 aromatic rings. The van der Waals surface area contributed by atoms with Crippen LogP contribution in [0.4, 0.5) is 13.2 Å². The average molecular weight is 253 g/mol. The van der Waals surface area contributed by atoms with Gasteiger partial charge < -0.3 is 10.0 Å². The zero-order chi connectivity index (χ0) is 13.6. The van der Waals surface area contributed by atoms with Gasteiger partial charge in [-0.2, -0.15) is 13.2 Å². The Kier molecular flexibility index (Phi) is 5.70. The van der Waals surface area contributed by atoms with Crippen molar-refractivity contribution >= 4 is 11.9 Å². The topological polar surface area (TPSA) is 57.6 Å². The maximum atomic E-state index is 12.2. The Morgan fingerprint density at radius 1 is 1.35 bits per heavy atom. The van der Waals surface area contributed by atoms with Gasteiger partial charge in [-0.1, -0.05) is 13.0 Å². The minimum Gasteiger partial charge on any atom is -0.480 e. The molecule has 1 amide bonds. The number of hydrogen-bond donors (Lipinski definition) is 1. The maximum Gasteiger partial charge on any atom is 0.406 e. The summed E-state index contributed by atoms with van der Waals surface area (Å²) in [6, 6.07) is 0. The van der Waals surface area contributed by atoms with Crippen molar-refractivity contribution in [3.8, 4) is 0 Å². The highest BCUT2D eigenvalue weighted by Gasteiger charge is 2.34. The number of halogens is 3. The van der Waals surface area contributed by atoms with E-state index in [1.807, 2.05) is 0 Å². The fourth-order valence-corrected chi connectivity index (χ4v) is 1.22. The number of carbonyl (C=O) groups is 2. The van der Waals surface area contributed by atoms with Crippen LogP contribution in [-0.4, -0.2) is 41.1 Å². The molecule has 0 atom stereocenters. The third-order valence-corrected chi connectivity index (χ3v) is 1.83. The van der Waals surface area contributed by atoms with Crippen molar-refractivity contribution in [3.05, 3.63) is 11.6 Å². The van der Waals surface area contributed by atoms with Crippen LogP contribution in [0.1, 0.15) is 20.3 Å². The van der Waals surface area contributed by atoms with Crippen LogP contribution in [0.2, 0.25) is 0 Å². The van der Waals surface area contributed by atoms with E-state index in [2.05, 4.69) is 0 Å². The number of carboxylic acids is 1. The number of carbonyl (C=O) groups excluding carboxylic acids is 1. The van der Waals surface area contributed by atoms with Gasteiger partial charge in [-0.25, -0.2) is 0 Å². The molecule has 0 fully saturated rings. The molecule has 0 rings (SSSR count). The fourth-order valence-electron chi connectivity index (χ4n) is 1.22. The summed E-state index contributed by atoms with van der Waals surface area (Å²) in [6.07, 6.45) is -2.67. The zero-order valence-electron chi connectivity index (χ0n) is 9.54. The maximum absolute atomic E-state index is 12.2. The van der Waals surface area contributed by atoms with Crippen LogP contribution < -0.4 is 0 Å². The van der Waals surface area contributed by atoms with E-state index in [0.717, 1.165) is 0 Å². The van der Waals surface area contributed by atoms with Gasteiger partial charge in [0, 0.05) is 5.57 Å². The number of carboxylic acid groups (broad SMARTS) is 1. The Morgan fingerprint density at radius 3 is 2.24 bits per heavy atom. The molecule has 0 aliphatic rings. The summed E-state index contributed by atoms with van der Waals surface area (Å²) in [7, 11) is 0. The van der Waals surface area contributed by atoms with Crippen LogP contribution in [0.5, 0.6) is 0 Å². The van der Waals surface area contributed by atoms with E-state index in [9.17, 15) is 22.8 Å². The first-order valence-corrected chi connectivity index (χ1v) is 4.92. The van der Waals surface area contributed by atoms with Gasteiger partial charge in [-0.05, 0) is 13.3 Å². The molecule has 0 unspecified atom stereocenters. The lowest BCUT2D eigenvalue weighted by molar-refractivity contribution is -0.163. The summed E-state index contributed by atoms with van der Waals surface area (Å²) in [5, 5.41) is 8.46. The van der Waals surface area contributed by atoms with Gasteiger partial charge in [-0.15, -0.1) is 0 Å². The SMILES string of the molecule is CCC=C(C)C(=O)N(CC(=O)O)CC(F)(F)F. The van der Waals surface area contributed by atoms with E-state index in [0.29, 0.717) is 6.42 Å². The van der Waals surface area contributed by atoms with Crippen LogP contribution in [-0.2, 0) is 9.59 Å². The summed E-state index contributed by atoms with van der Waals surface area (Å²) < 4.78 is 36.5. The van der Waals surface area contributed by atoms with Crippen molar-refractivity contribution in [2.75, 3.05) is 13.1 Å². The smallest absolute Gasteiger partial charge is 0.406 e. The summed E-state index contributed by atoms with van der Waals surface area (Å²) in [6.45, 7) is 0.555. The van der Waals surface area contributed by atoms with E-state index in [4.69, 9.17) is 5.11 Å². The molecule has 1 N–H and O–H groups in total. The molecule has 17 heavy (non-hydrogen) atoms. The molecule has 0 bridgehead atoms. The van der Waals surface area contributed by atoms with Crippen molar-refractivity contribution < 1.29 is 27.9 Å². The van der Waals surface area contributed by atoms with Crippen molar-refractivity contribution in [2.45, 2.75) is 26.4 Å². The largest absolute Gasteiger partial charge is 0.480 e. The lowest BCUT2D eigenvalue weighted by atomic mass is 10.2. The molecule has 98 valence electrons. The second kappa shape index (κ2) is 6.27. The van der Waals surface area contributed by atoms with E-state index >= 15 is 0 Å². The lowest BCUT2D eigenvalue weighted by Gasteiger charge is -2.22. The Morgan fingerprint density at radius 2 is 1.88 bits per heavy atom. The number of amides is 1. The molecule has 0 aromatic carbocycles. The number of nitrogens with zero attached hydrogens (tertiary/aromatic N) is 1. The molecule has 4 nitrogen and oxygen atoms in total. The van der Waals surface area contributed by atoms with Crippen LogP contribution >= 0.6 is 0 Å². The molecule has 0 aliphatic carbocycles. The zero-order valence-corrected chi connectivity index (χ0v) is 9.54. The molecule has 0 aromatic heterocycles. The fraction of sp³-hybridized carbons (Fsp3) is 0.600. The van der Waals surface area contributed by atoms with Gasteiger partial charge >= 0.3 is 12.1 Å². The third kappa shape index (κ3) is 6.60. The van der Waals surface area contributed by atoms with Crippen LogP contribution in [0, 0.1) is 0 Å². The molecule has 0 spiro atoms. The first kappa shape index (κ1) is 15.5. The van der Waals surface area contributed by atoms with Crippen LogP contribution in [0.15, 0.2) is 11.6 Å². The number of hydrogen-bond acceptors (Lipinski definition) is 2. The molecule has 0 saturated carbocycles. The molecule has 0 aliphatic heterocycles. The summed E-state index contributed by atoms with van der Waals surface area (Å²) >= 11 is 0. The molecule has 0 radical (unpaired) electrons. The highest BCUT2D eigenvalue weighted by Crippen LogP contribution is 2.17. The van der Waals surface area contributed by atoms with E-state index in [1.165, 1.54) is 13.0 Å². The minimum atomic E-state index is -4.61. The highest BCUT2D eigenvalue weighted by atomic mass is 19.4. The van der Waals surface area contributed by atoms with Gasteiger partial charge in [-0.3, -0.25) is 9.59 Å². The second-order valence-electron chi connectivity index (χ2n) is 3.47. The third-order valence-electron chi connectivity index (χ3n) is 1.83. The first-order valence-electron chi connectivity index (χ1n) is 4.92. The Labute approximate surface area is 96.7 Å². The van der Waals surface area contributed by atoms with E-state index < -0.39 is 31.1 Å². The molecular weight excluding hydrogens is 239 g/mol. The second-order valence-corrected chi connectivity index (χ2v) is 3.47. The van der Waals surface area contributed by atoms with Gasteiger partial charge in [0.2, 0.25) is 5.91 Å². The van der Waals surface area contributed by atoms with Crippen molar-refractivity contribution in [1.82, 2.24) is 4.90 Å². The molecule has 7 heteroatoms. The van der Waals surface area contributed by atoms with Gasteiger partial charge in [0.15, 0.2) is 0 Å². The standard InChI is InChI=1S/C10H14F3NO3/c1-3-4-7(2)9(17)14(5-8(15)16)6-10(11,12)13/h4H,3,5-6H2,1-2H3,(H,15,16). The summed E-state index contributed by atoms with van der Waals surface area (Å²) in [5.41, 5.74) is 0.109. The quantitative estimate of drug-likeness (QED) is 0.760. The van der Waals surface area contributed by atoms with Crippen LogP contribution in [0.3, 0.4) is 0 Å². The number of allylic oxidation sites excluding steroid dienone is 1. The van der Waals surface area contributed by atoms with E-state index in [1.54, 1.807) is 6.92 Å². The normalized spacial score (nSPS) is 12.4. The summed E-state index contributed by atoms with van der Waals surface area (Å²) in [4.78, 5) is 22.2. The van der Waals surface area contributed by atoms with Crippen molar-refractivity contribution in [3.63, 3.8) is 0 Å². The number of rotatable bonds is 5. The van der Waals surface area contributed by atoms with Gasteiger partial charge in [0.1, 0.15) is 13.1 Å². The predicted molar refractivity (Wildman–Crippen MR) is 54.3 cm³/mol. The molecule has 0 heterocycles. The van der Waals surface area contributed by atoms with Crippen LogP contribution in [0.25, 0.3) is 0 Å². The predicted octanol–water partition coefficient (Wildman–Crippen LogP) is 1.82. The number of aliphatic carboxylic acids is 1. The van der Waals surface area contributed by atoms with Gasteiger partial charge in [0.25, 0.3) is 0 Å². The minimum absolute atomic E-state index is 0.109. The average Bonchev–Trinajstić information content (AvgIpc) is 2.13.